The Morgan fingerprint density at radius 3 is 2.18 bits per heavy atom. The Hall–Kier alpha value is -2.27. The number of benzene rings is 2. The molecule has 1 N–H and O–H groups in total. The molecule has 28 heavy (non-hydrogen) atoms. The average Bonchev–Trinajstić information content (AvgIpc) is 2.71. The Labute approximate surface area is 172 Å². The third-order valence-electron chi connectivity index (χ3n) is 4.37. The van der Waals surface area contributed by atoms with Crippen molar-refractivity contribution in [1.82, 2.24) is 10.2 Å². The Bertz CT molecular complexity index is 735. The van der Waals surface area contributed by atoms with Crippen molar-refractivity contribution in [3.63, 3.8) is 0 Å². The van der Waals surface area contributed by atoms with E-state index in [9.17, 15) is 9.59 Å². The highest BCUT2D eigenvalue weighted by molar-refractivity contribution is 8.00. The molecular weight excluding hydrogens is 368 g/mol. The molecule has 0 saturated heterocycles. The van der Waals surface area contributed by atoms with Gasteiger partial charge in [0.2, 0.25) is 11.8 Å². The number of rotatable bonds is 10. The van der Waals surface area contributed by atoms with Crippen molar-refractivity contribution >= 4 is 23.6 Å². The van der Waals surface area contributed by atoms with Crippen molar-refractivity contribution in [2.75, 3.05) is 12.3 Å². The number of carbonyl (C=O) groups is 2. The fourth-order valence-electron chi connectivity index (χ4n) is 2.87. The zero-order valence-electron chi connectivity index (χ0n) is 16.9. The van der Waals surface area contributed by atoms with E-state index in [0.29, 0.717) is 31.2 Å². The van der Waals surface area contributed by atoms with Gasteiger partial charge in [0.05, 0.1) is 5.75 Å². The van der Waals surface area contributed by atoms with Gasteiger partial charge < -0.3 is 10.2 Å². The molecule has 0 aliphatic heterocycles. The highest BCUT2D eigenvalue weighted by Gasteiger charge is 2.28. The molecule has 0 bridgehead atoms. The Morgan fingerprint density at radius 2 is 1.61 bits per heavy atom. The third kappa shape index (κ3) is 7.04. The molecule has 5 heteroatoms. The van der Waals surface area contributed by atoms with Crippen molar-refractivity contribution in [2.24, 2.45) is 5.92 Å². The quantitative estimate of drug-likeness (QED) is 0.605. The van der Waals surface area contributed by atoms with Gasteiger partial charge in [0, 0.05) is 18.0 Å². The molecule has 0 radical (unpaired) electrons. The molecule has 0 heterocycles. The first-order valence-corrected chi connectivity index (χ1v) is 10.8. The molecule has 0 aliphatic rings. The van der Waals surface area contributed by atoms with Crippen LogP contribution in [0.15, 0.2) is 65.6 Å². The van der Waals surface area contributed by atoms with Crippen LogP contribution in [0.5, 0.6) is 0 Å². The highest BCUT2D eigenvalue weighted by atomic mass is 32.2. The predicted molar refractivity (Wildman–Crippen MR) is 116 cm³/mol. The van der Waals surface area contributed by atoms with Crippen LogP contribution >= 0.6 is 11.8 Å². The lowest BCUT2D eigenvalue weighted by Crippen LogP contribution is -2.50. The van der Waals surface area contributed by atoms with E-state index < -0.39 is 6.04 Å². The van der Waals surface area contributed by atoms with E-state index in [2.05, 4.69) is 19.2 Å². The van der Waals surface area contributed by atoms with Crippen molar-refractivity contribution < 1.29 is 9.59 Å². The summed E-state index contributed by atoms with van der Waals surface area (Å²) in [6, 6.07) is 19.2. The summed E-state index contributed by atoms with van der Waals surface area (Å²) in [6.45, 7) is 7.12. The van der Waals surface area contributed by atoms with Crippen LogP contribution in [-0.4, -0.2) is 35.1 Å². The topological polar surface area (TPSA) is 49.4 Å². The minimum Gasteiger partial charge on any atom is -0.354 e. The lowest BCUT2D eigenvalue weighted by atomic mass is 10.1. The van der Waals surface area contributed by atoms with E-state index >= 15 is 0 Å². The summed E-state index contributed by atoms with van der Waals surface area (Å²) < 4.78 is 0. The van der Waals surface area contributed by atoms with Gasteiger partial charge in [-0.3, -0.25) is 9.59 Å². The van der Waals surface area contributed by atoms with Crippen LogP contribution in [0.2, 0.25) is 0 Å². The maximum absolute atomic E-state index is 13.1. The number of hydrogen-bond acceptors (Lipinski definition) is 3. The molecular formula is C23H30N2O2S. The first kappa shape index (κ1) is 22.0. The lowest BCUT2D eigenvalue weighted by Gasteiger charge is -2.31. The van der Waals surface area contributed by atoms with E-state index in [1.54, 1.807) is 4.90 Å². The van der Waals surface area contributed by atoms with Gasteiger partial charge in [0.25, 0.3) is 0 Å². The summed E-state index contributed by atoms with van der Waals surface area (Å²) in [7, 11) is 0. The molecule has 0 saturated carbocycles. The number of nitrogens with one attached hydrogen (secondary N) is 1. The van der Waals surface area contributed by atoms with Gasteiger partial charge in [0.15, 0.2) is 0 Å². The van der Waals surface area contributed by atoms with Gasteiger partial charge >= 0.3 is 0 Å². The molecule has 0 aliphatic carbocycles. The fraction of sp³-hybridized carbons (Fsp3) is 0.391. The van der Waals surface area contributed by atoms with E-state index in [1.165, 1.54) is 11.8 Å². The average molecular weight is 399 g/mol. The summed E-state index contributed by atoms with van der Waals surface area (Å²) in [6.07, 6.45) is 0.582. The van der Waals surface area contributed by atoms with Crippen LogP contribution in [0.25, 0.3) is 0 Å². The molecule has 2 aromatic rings. The molecule has 0 aromatic heterocycles. The van der Waals surface area contributed by atoms with Gasteiger partial charge in [-0.05, 0) is 30.0 Å². The normalized spacial score (nSPS) is 11.9. The van der Waals surface area contributed by atoms with Crippen molar-refractivity contribution in [1.29, 1.82) is 0 Å². The molecule has 0 spiro atoms. The van der Waals surface area contributed by atoms with Crippen LogP contribution in [0.1, 0.15) is 32.8 Å². The first-order valence-electron chi connectivity index (χ1n) is 9.80. The number of amides is 2. The van der Waals surface area contributed by atoms with Crippen LogP contribution in [-0.2, 0) is 16.1 Å². The standard InChI is InChI=1S/C23H30N2O2S/c1-4-21(23(27)24-15-18(2)3)25(16-19-11-7-5-8-12-19)22(26)17-28-20-13-9-6-10-14-20/h5-14,18,21H,4,15-17H2,1-3H3,(H,24,27). The smallest absolute Gasteiger partial charge is 0.242 e. The summed E-state index contributed by atoms with van der Waals surface area (Å²) in [5.41, 5.74) is 1.02. The Morgan fingerprint density at radius 1 is 1.00 bits per heavy atom. The van der Waals surface area contributed by atoms with E-state index in [1.807, 2.05) is 67.6 Å². The molecule has 2 amide bonds. The van der Waals surface area contributed by atoms with Gasteiger partial charge in [-0.2, -0.15) is 0 Å². The van der Waals surface area contributed by atoms with E-state index in [-0.39, 0.29) is 11.8 Å². The number of carbonyl (C=O) groups excluding carboxylic acids is 2. The lowest BCUT2D eigenvalue weighted by molar-refractivity contribution is -0.139. The summed E-state index contributed by atoms with van der Waals surface area (Å²) in [5, 5.41) is 2.99. The summed E-state index contributed by atoms with van der Waals surface area (Å²) >= 11 is 1.50. The summed E-state index contributed by atoms with van der Waals surface area (Å²) in [4.78, 5) is 28.6. The maximum Gasteiger partial charge on any atom is 0.242 e. The maximum atomic E-state index is 13.1. The van der Waals surface area contributed by atoms with Gasteiger partial charge in [-0.15, -0.1) is 11.8 Å². The van der Waals surface area contributed by atoms with E-state index in [4.69, 9.17) is 0 Å². The zero-order chi connectivity index (χ0) is 20.4. The molecule has 150 valence electrons. The van der Waals surface area contributed by atoms with E-state index in [0.717, 1.165) is 10.5 Å². The molecule has 1 unspecified atom stereocenters. The largest absolute Gasteiger partial charge is 0.354 e. The number of nitrogens with zero attached hydrogens (tertiary/aromatic N) is 1. The molecule has 0 fully saturated rings. The van der Waals surface area contributed by atoms with Crippen LogP contribution < -0.4 is 5.32 Å². The molecule has 2 rings (SSSR count). The SMILES string of the molecule is CCC(C(=O)NCC(C)C)N(Cc1ccccc1)C(=O)CSc1ccccc1. The minimum atomic E-state index is -0.470. The molecule has 4 nitrogen and oxygen atoms in total. The van der Waals surface area contributed by atoms with Crippen LogP contribution in [0.3, 0.4) is 0 Å². The number of hydrogen-bond donors (Lipinski definition) is 1. The monoisotopic (exact) mass is 398 g/mol. The minimum absolute atomic E-state index is 0.0238. The van der Waals surface area contributed by atoms with Crippen LogP contribution in [0.4, 0.5) is 0 Å². The Kier molecular flexibility index (Phi) is 9.08. The second-order valence-corrected chi connectivity index (χ2v) is 8.22. The van der Waals surface area contributed by atoms with Crippen molar-refractivity contribution in [3.8, 4) is 0 Å². The van der Waals surface area contributed by atoms with Gasteiger partial charge in [-0.1, -0.05) is 69.3 Å². The number of thioether (sulfide) groups is 1. The zero-order valence-corrected chi connectivity index (χ0v) is 17.7. The van der Waals surface area contributed by atoms with Crippen molar-refractivity contribution in [2.45, 2.75) is 44.7 Å². The third-order valence-corrected chi connectivity index (χ3v) is 5.37. The van der Waals surface area contributed by atoms with Crippen molar-refractivity contribution in [3.05, 3.63) is 66.2 Å². The molecule has 2 aromatic carbocycles. The second kappa shape index (κ2) is 11.5. The fourth-order valence-corrected chi connectivity index (χ4v) is 3.67. The highest BCUT2D eigenvalue weighted by Crippen LogP contribution is 2.20. The second-order valence-electron chi connectivity index (χ2n) is 7.17. The van der Waals surface area contributed by atoms with Crippen LogP contribution in [0, 0.1) is 5.92 Å². The molecule has 1 atom stereocenters. The first-order chi connectivity index (χ1) is 13.5. The van der Waals surface area contributed by atoms with Gasteiger partial charge in [-0.25, -0.2) is 0 Å². The Balaban J connectivity index is 2.14. The predicted octanol–water partition coefficient (Wildman–Crippen LogP) is 4.36. The van der Waals surface area contributed by atoms with Gasteiger partial charge in [0.1, 0.15) is 6.04 Å². The summed E-state index contributed by atoms with van der Waals surface area (Å²) in [5.74, 6) is 0.577.